The van der Waals surface area contributed by atoms with Crippen LogP contribution in [-0.4, -0.2) is 48.4 Å². The Morgan fingerprint density at radius 1 is 1.03 bits per heavy atom. The van der Waals surface area contributed by atoms with Gasteiger partial charge in [-0.05, 0) is 42.7 Å². The summed E-state index contributed by atoms with van der Waals surface area (Å²) in [6, 6.07) is 11.8. The second-order valence-electron chi connectivity index (χ2n) is 7.83. The molecule has 1 heterocycles. The number of amides is 3. The SMILES string of the molecule is O=C(NCCCl)Nc1ccc(CN2CCC(NC(=O)c3ccccc3C(F)(F)F)CC2)cc1. The first-order valence-corrected chi connectivity index (χ1v) is 11.2. The van der Waals surface area contributed by atoms with Gasteiger partial charge in [-0.2, -0.15) is 13.2 Å². The smallest absolute Gasteiger partial charge is 0.349 e. The number of alkyl halides is 4. The van der Waals surface area contributed by atoms with Crippen LogP contribution in [0.1, 0.15) is 34.3 Å². The monoisotopic (exact) mass is 482 g/mol. The third-order valence-corrected chi connectivity index (χ3v) is 5.59. The van der Waals surface area contributed by atoms with Crippen LogP contribution in [0.3, 0.4) is 0 Å². The van der Waals surface area contributed by atoms with Crippen LogP contribution in [0.15, 0.2) is 48.5 Å². The number of carbonyl (C=O) groups excluding carboxylic acids is 2. The topological polar surface area (TPSA) is 73.5 Å². The standard InChI is InChI=1S/C23H26ClF3N4O2/c24-11-12-28-22(33)30-17-7-5-16(6-8-17)15-31-13-9-18(10-14-31)29-21(32)19-3-1-2-4-20(19)23(25,26)27/h1-8,18H,9-15H2,(H,29,32)(H2,28,30,33). The number of anilines is 1. The molecular weight excluding hydrogens is 457 g/mol. The predicted molar refractivity (Wildman–Crippen MR) is 121 cm³/mol. The quantitative estimate of drug-likeness (QED) is 0.510. The minimum atomic E-state index is -4.57. The number of rotatable bonds is 7. The van der Waals surface area contributed by atoms with E-state index >= 15 is 0 Å². The Hall–Kier alpha value is -2.78. The minimum Gasteiger partial charge on any atom is -0.349 e. The largest absolute Gasteiger partial charge is 0.417 e. The van der Waals surface area contributed by atoms with Crippen molar-refractivity contribution in [1.82, 2.24) is 15.5 Å². The van der Waals surface area contributed by atoms with E-state index in [0.29, 0.717) is 50.6 Å². The molecule has 0 aliphatic carbocycles. The number of benzene rings is 2. The van der Waals surface area contributed by atoms with Gasteiger partial charge >= 0.3 is 12.2 Å². The van der Waals surface area contributed by atoms with Gasteiger partial charge in [-0.3, -0.25) is 9.69 Å². The van der Waals surface area contributed by atoms with E-state index in [1.54, 1.807) is 0 Å². The summed E-state index contributed by atoms with van der Waals surface area (Å²) in [6.07, 6.45) is -3.27. The fourth-order valence-corrected chi connectivity index (χ4v) is 3.81. The zero-order valence-corrected chi connectivity index (χ0v) is 18.7. The Morgan fingerprint density at radius 2 is 1.70 bits per heavy atom. The molecule has 0 unspecified atom stereocenters. The maximum Gasteiger partial charge on any atom is 0.417 e. The molecule has 1 aliphatic rings. The second-order valence-corrected chi connectivity index (χ2v) is 8.21. The minimum absolute atomic E-state index is 0.173. The Morgan fingerprint density at radius 3 is 2.33 bits per heavy atom. The van der Waals surface area contributed by atoms with Crippen LogP contribution < -0.4 is 16.0 Å². The number of hydrogen-bond acceptors (Lipinski definition) is 3. The van der Waals surface area contributed by atoms with E-state index in [0.717, 1.165) is 11.6 Å². The molecule has 33 heavy (non-hydrogen) atoms. The lowest BCUT2D eigenvalue weighted by atomic mass is 10.0. The van der Waals surface area contributed by atoms with Crippen LogP contribution >= 0.6 is 11.6 Å². The van der Waals surface area contributed by atoms with Gasteiger partial charge in [0.1, 0.15) is 0 Å². The van der Waals surface area contributed by atoms with Crippen LogP contribution in [-0.2, 0) is 12.7 Å². The van der Waals surface area contributed by atoms with Crippen LogP contribution in [0.2, 0.25) is 0 Å². The summed E-state index contributed by atoms with van der Waals surface area (Å²) < 4.78 is 39.5. The number of carbonyl (C=O) groups is 2. The number of likely N-dealkylation sites (tertiary alicyclic amines) is 1. The molecular formula is C23H26ClF3N4O2. The molecule has 178 valence electrons. The van der Waals surface area contributed by atoms with Gasteiger partial charge in [0.15, 0.2) is 0 Å². The summed E-state index contributed by atoms with van der Waals surface area (Å²) in [5, 5.41) is 8.10. The molecule has 1 fully saturated rings. The second kappa shape index (κ2) is 11.4. The average molecular weight is 483 g/mol. The van der Waals surface area contributed by atoms with Gasteiger partial charge in [0.25, 0.3) is 5.91 Å². The van der Waals surface area contributed by atoms with E-state index in [2.05, 4.69) is 20.9 Å². The van der Waals surface area contributed by atoms with E-state index in [1.165, 1.54) is 18.2 Å². The third kappa shape index (κ3) is 7.36. The fourth-order valence-electron chi connectivity index (χ4n) is 3.71. The zero-order valence-electron chi connectivity index (χ0n) is 17.9. The molecule has 2 aromatic rings. The van der Waals surface area contributed by atoms with Crippen molar-refractivity contribution in [1.29, 1.82) is 0 Å². The van der Waals surface area contributed by atoms with E-state index in [-0.39, 0.29) is 17.6 Å². The third-order valence-electron chi connectivity index (χ3n) is 5.40. The summed E-state index contributed by atoms with van der Waals surface area (Å²) in [7, 11) is 0. The van der Waals surface area contributed by atoms with Gasteiger partial charge in [-0.25, -0.2) is 4.79 Å². The lowest BCUT2D eigenvalue weighted by Gasteiger charge is -2.32. The molecule has 1 aliphatic heterocycles. The highest BCUT2D eigenvalue weighted by Gasteiger charge is 2.35. The van der Waals surface area contributed by atoms with Crippen molar-refractivity contribution in [3.8, 4) is 0 Å². The predicted octanol–water partition coefficient (Wildman–Crippen LogP) is 4.46. The maximum absolute atomic E-state index is 13.2. The Bertz CT molecular complexity index is 945. The summed E-state index contributed by atoms with van der Waals surface area (Å²) in [5.41, 5.74) is 0.474. The highest BCUT2D eigenvalue weighted by Crippen LogP contribution is 2.32. The first-order chi connectivity index (χ1) is 15.8. The average Bonchev–Trinajstić information content (AvgIpc) is 2.79. The molecule has 6 nitrogen and oxygen atoms in total. The van der Waals surface area contributed by atoms with Gasteiger partial charge in [0.2, 0.25) is 0 Å². The fraction of sp³-hybridized carbons (Fsp3) is 0.391. The molecule has 1 saturated heterocycles. The summed E-state index contributed by atoms with van der Waals surface area (Å²) in [6.45, 7) is 2.52. The van der Waals surface area contributed by atoms with Crippen LogP contribution in [0.25, 0.3) is 0 Å². The highest BCUT2D eigenvalue weighted by atomic mass is 35.5. The molecule has 0 spiro atoms. The van der Waals surface area contributed by atoms with Gasteiger partial charge in [-0.15, -0.1) is 11.6 Å². The first kappa shape index (κ1) is 24.9. The molecule has 2 aromatic carbocycles. The maximum atomic E-state index is 13.2. The number of nitrogens with one attached hydrogen (secondary N) is 3. The molecule has 0 bridgehead atoms. The molecule has 0 saturated carbocycles. The van der Waals surface area contributed by atoms with E-state index < -0.39 is 17.6 Å². The van der Waals surface area contributed by atoms with Crippen LogP contribution in [0.4, 0.5) is 23.7 Å². The lowest BCUT2D eigenvalue weighted by Crippen LogP contribution is -2.44. The first-order valence-electron chi connectivity index (χ1n) is 10.7. The van der Waals surface area contributed by atoms with Crippen LogP contribution in [0, 0.1) is 0 Å². The molecule has 0 atom stereocenters. The van der Waals surface area contributed by atoms with Crippen molar-refractivity contribution < 1.29 is 22.8 Å². The molecule has 0 aromatic heterocycles. The van der Waals surface area contributed by atoms with Gasteiger partial charge in [-0.1, -0.05) is 24.3 Å². The molecule has 0 radical (unpaired) electrons. The van der Waals surface area contributed by atoms with Gasteiger partial charge in [0, 0.05) is 43.8 Å². The Kier molecular flexibility index (Phi) is 8.57. The number of halogens is 4. The van der Waals surface area contributed by atoms with Gasteiger partial charge in [0.05, 0.1) is 11.1 Å². The molecule has 3 N–H and O–H groups in total. The van der Waals surface area contributed by atoms with E-state index in [9.17, 15) is 22.8 Å². The number of hydrogen-bond donors (Lipinski definition) is 3. The van der Waals surface area contributed by atoms with Crippen molar-refractivity contribution >= 4 is 29.2 Å². The van der Waals surface area contributed by atoms with E-state index in [1.807, 2.05) is 24.3 Å². The molecule has 3 amide bonds. The zero-order chi connectivity index (χ0) is 23.8. The summed E-state index contributed by atoms with van der Waals surface area (Å²) in [4.78, 5) is 26.3. The van der Waals surface area contributed by atoms with Gasteiger partial charge < -0.3 is 16.0 Å². The lowest BCUT2D eigenvalue weighted by molar-refractivity contribution is -0.137. The van der Waals surface area contributed by atoms with E-state index in [4.69, 9.17) is 11.6 Å². The summed E-state index contributed by atoms with van der Waals surface area (Å²) in [5.74, 6) is -0.354. The molecule has 10 heteroatoms. The Balaban J connectivity index is 1.47. The Labute approximate surface area is 195 Å². The number of piperidine rings is 1. The van der Waals surface area contributed by atoms with Crippen molar-refractivity contribution in [2.75, 3.05) is 30.8 Å². The van der Waals surface area contributed by atoms with Crippen molar-refractivity contribution in [3.63, 3.8) is 0 Å². The van der Waals surface area contributed by atoms with Crippen molar-refractivity contribution in [2.24, 2.45) is 0 Å². The number of urea groups is 1. The van der Waals surface area contributed by atoms with Crippen LogP contribution in [0.5, 0.6) is 0 Å². The van der Waals surface area contributed by atoms with Crippen molar-refractivity contribution in [3.05, 3.63) is 65.2 Å². The van der Waals surface area contributed by atoms with Crippen molar-refractivity contribution in [2.45, 2.75) is 31.6 Å². The summed E-state index contributed by atoms with van der Waals surface area (Å²) >= 11 is 5.54. The molecule has 3 rings (SSSR count). The highest BCUT2D eigenvalue weighted by molar-refractivity contribution is 6.18. The number of nitrogens with zero attached hydrogens (tertiary/aromatic N) is 1. The normalized spacial score (nSPS) is 15.2.